The highest BCUT2D eigenvalue weighted by Crippen LogP contribution is 2.33. The second kappa shape index (κ2) is 13.1. The van der Waals surface area contributed by atoms with Crippen molar-refractivity contribution in [3.05, 3.63) is 111 Å². The van der Waals surface area contributed by atoms with Gasteiger partial charge in [-0.25, -0.2) is 0 Å². The highest BCUT2D eigenvalue weighted by molar-refractivity contribution is 5.73. The lowest BCUT2D eigenvalue weighted by Crippen LogP contribution is -2.06. The van der Waals surface area contributed by atoms with Crippen molar-refractivity contribution in [3.8, 4) is 6.07 Å². The van der Waals surface area contributed by atoms with Crippen molar-refractivity contribution < 1.29 is 1.43 Å². The number of allylic oxidation sites excluding steroid dienone is 1. The fourth-order valence-electron chi connectivity index (χ4n) is 6.83. The molecule has 0 N–H and O–H groups in total. The first-order valence-electron chi connectivity index (χ1n) is 15.2. The Balaban J connectivity index is 0.00000370. The molecule has 0 saturated heterocycles. The van der Waals surface area contributed by atoms with E-state index >= 15 is 0 Å². The van der Waals surface area contributed by atoms with Crippen LogP contribution in [0.4, 0.5) is 0 Å². The van der Waals surface area contributed by atoms with Gasteiger partial charge in [-0.2, -0.15) is 5.26 Å². The molecule has 1 fully saturated rings. The van der Waals surface area contributed by atoms with Gasteiger partial charge in [-0.05, 0) is 95.0 Å². The zero-order chi connectivity index (χ0) is 27.0. The second-order valence-electron chi connectivity index (χ2n) is 11.9. The molecule has 0 aromatic heterocycles. The number of rotatable bonds is 10. The SMILES string of the molecule is Cc1c(C(C)Cc2c(C#N)cccc2/C=C/c2cccc(CCCCC3CCCCC3)c2)ccc2c1C=CC2.[HH]. The van der Waals surface area contributed by atoms with Gasteiger partial charge in [0, 0.05) is 1.43 Å². The van der Waals surface area contributed by atoms with Gasteiger partial charge < -0.3 is 0 Å². The zero-order valence-electron chi connectivity index (χ0n) is 23.9. The second-order valence-corrected chi connectivity index (χ2v) is 11.9. The van der Waals surface area contributed by atoms with Gasteiger partial charge in [-0.1, -0.05) is 125 Å². The third-order valence-electron chi connectivity index (χ3n) is 9.10. The minimum absolute atomic E-state index is 0. The molecule has 3 aromatic carbocycles. The van der Waals surface area contributed by atoms with Gasteiger partial charge in [0.1, 0.15) is 0 Å². The molecule has 1 heteroatoms. The highest BCUT2D eigenvalue weighted by atomic mass is 14.3. The molecule has 1 nitrogen and oxygen atoms in total. The van der Waals surface area contributed by atoms with Crippen molar-refractivity contribution in [2.24, 2.45) is 5.92 Å². The maximum Gasteiger partial charge on any atom is 0.0994 e. The molecular formula is C38H45N. The summed E-state index contributed by atoms with van der Waals surface area (Å²) in [5, 5.41) is 9.93. The molecule has 0 radical (unpaired) electrons. The average molecular weight is 516 g/mol. The molecule has 0 heterocycles. The number of unbranched alkanes of at least 4 members (excludes halogenated alkanes) is 1. The fourth-order valence-corrected chi connectivity index (χ4v) is 6.83. The smallest absolute Gasteiger partial charge is 0.0994 e. The quantitative estimate of drug-likeness (QED) is 0.195. The lowest BCUT2D eigenvalue weighted by molar-refractivity contribution is 0.330. The Morgan fingerprint density at radius 1 is 1.00 bits per heavy atom. The zero-order valence-corrected chi connectivity index (χ0v) is 23.9. The topological polar surface area (TPSA) is 23.8 Å². The van der Waals surface area contributed by atoms with Crippen LogP contribution in [-0.2, 0) is 19.3 Å². The molecule has 0 aliphatic heterocycles. The standard InChI is InChI=1S/C38H43N.H2/c1-28(36-24-23-33-18-10-20-37(33)29(36)2)25-38-34(17-9-19-35(38)27-39)22-21-32-16-8-15-31(26-32)14-7-6-13-30-11-4-3-5-12-30;/h8-10,15-17,19-24,26,28,30H,3-7,11-14,18,25H2,1-2H3;1H/b22-21+;. The molecule has 5 rings (SSSR count). The Labute approximate surface area is 237 Å². The summed E-state index contributed by atoms with van der Waals surface area (Å²) >= 11 is 0. The predicted molar refractivity (Wildman–Crippen MR) is 169 cm³/mol. The normalized spacial score (nSPS) is 15.9. The summed E-state index contributed by atoms with van der Waals surface area (Å²) in [6, 6.07) is 22.2. The van der Waals surface area contributed by atoms with E-state index in [-0.39, 0.29) is 1.43 Å². The summed E-state index contributed by atoms with van der Waals surface area (Å²) in [4.78, 5) is 0. The van der Waals surface area contributed by atoms with Gasteiger partial charge in [0.25, 0.3) is 0 Å². The van der Waals surface area contributed by atoms with E-state index in [1.165, 1.54) is 84.7 Å². The molecule has 0 bridgehead atoms. The van der Waals surface area contributed by atoms with Gasteiger partial charge in [-0.15, -0.1) is 0 Å². The van der Waals surface area contributed by atoms with Crippen LogP contribution in [0.5, 0.6) is 0 Å². The van der Waals surface area contributed by atoms with E-state index in [9.17, 15) is 5.26 Å². The van der Waals surface area contributed by atoms with E-state index < -0.39 is 0 Å². The molecule has 0 amide bonds. The minimum atomic E-state index is 0. The maximum atomic E-state index is 9.93. The van der Waals surface area contributed by atoms with Crippen LogP contribution in [-0.4, -0.2) is 0 Å². The van der Waals surface area contributed by atoms with Crippen molar-refractivity contribution in [3.63, 3.8) is 0 Å². The minimum Gasteiger partial charge on any atom is -0.192 e. The van der Waals surface area contributed by atoms with Crippen LogP contribution in [0.3, 0.4) is 0 Å². The average Bonchev–Trinajstić information content (AvgIpc) is 3.46. The predicted octanol–water partition coefficient (Wildman–Crippen LogP) is 10.5. The molecule has 1 atom stereocenters. The highest BCUT2D eigenvalue weighted by Gasteiger charge is 2.18. The number of hydrogen-bond donors (Lipinski definition) is 0. The van der Waals surface area contributed by atoms with E-state index in [1.54, 1.807) is 0 Å². The third kappa shape index (κ3) is 6.80. The van der Waals surface area contributed by atoms with Gasteiger partial charge in [0.15, 0.2) is 0 Å². The van der Waals surface area contributed by atoms with E-state index in [1.807, 2.05) is 12.1 Å². The van der Waals surface area contributed by atoms with E-state index in [2.05, 4.69) is 86.7 Å². The molecule has 39 heavy (non-hydrogen) atoms. The molecule has 202 valence electrons. The first kappa shape index (κ1) is 27.2. The Morgan fingerprint density at radius 2 is 1.85 bits per heavy atom. The summed E-state index contributed by atoms with van der Waals surface area (Å²) in [6.07, 6.45) is 23.3. The Hall–Kier alpha value is -3.37. The maximum absolute atomic E-state index is 9.93. The van der Waals surface area contributed by atoms with Gasteiger partial charge in [0.2, 0.25) is 0 Å². The third-order valence-corrected chi connectivity index (χ3v) is 9.10. The lowest BCUT2D eigenvalue weighted by Gasteiger charge is -2.21. The van der Waals surface area contributed by atoms with Crippen molar-refractivity contribution >= 4 is 18.2 Å². The number of aryl methyl sites for hydroxylation is 1. The van der Waals surface area contributed by atoms with Crippen LogP contribution < -0.4 is 0 Å². The van der Waals surface area contributed by atoms with E-state index in [4.69, 9.17) is 0 Å². The van der Waals surface area contributed by atoms with Gasteiger partial charge in [-0.3, -0.25) is 0 Å². The molecule has 0 spiro atoms. The van der Waals surface area contributed by atoms with Crippen LogP contribution >= 0.6 is 0 Å². The first-order valence-corrected chi connectivity index (χ1v) is 15.2. The Bertz CT molecular complexity index is 1380. The molecule has 2 aliphatic carbocycles. The molecule has 2 aliphatic rings. The van der Waals surface area contributed by atoms with E-state index in [0.717, 1.165) is 41.9 Å². The van der Waals surface area contributed by atoms with Crippen molar-refractivity contribution in [2.75, 3.05) is 0 Å². The number of hydrogen-bond acceptors (Lipinski definition) is 1. The van der Waals surface area contributed by atoms with Crippen molar-refractivity contribution in [1.82, 2.24) is 0 Å². The van der Waals surface area contributed by atoms with Crippen LogP contribution in [0.1, 0.15) is 116 Å². The van der Waals surface area contributed by atoms with Crippen LogP contribution in [0.25, 0.3) is 18.2 Å². The molecule has 1 saturated carbocycles. The molecule has 1 unspecified atom stereocenters. The number of fused-ring (bicyclic) bond motifs is 1. The monoisotopic (exact) mass is 515 g/mol. The summed E-state index contributed by atoms with van der Waals surface area (Å²) in [6.45, 7) is 4.55. The first-order chi connectivity index (χ1) is 19.1. The van der Waals surface area contributed by atoms with Crippen molar-refractivity contribution in [2.45, 2.75) is 90.4 Å². The summed E-state index contributed by atoms with van der Waals surface area (Å²) in [5.74, 6) is 1.32. The summed E-state index contributed by atoms with van der Waals surface area (Å²) in [7, 11) is 0. The van der Waals surface area contributed by atoms with Gasteiger partial charge in [0.05, 0.1) is 11.6 Å². The molecular weight excluding hydrogens is 470 g/mol. The number of benzene rings is 3. The van der Waals surface area contributed by atoms with Crippen molar-refractivity contribution in [1.29, 1.82) is 5.26 Å². The fraction of sp³-hybridized carbons (Fsp3) is 0.395. The largest absolute Gasteiger partial charge is 0.192 e. The Morgan fingerprint density at radius 3 is 2.69 bits per heavy atom. The number of nitrogens with zero attached hydrogens (tertiary/aromatic N) is 1. The van der Waals surface area contributed by atoms with Crippen LogP contribution in [0.15, 0.2) is 60.7 Å². The summed E-state index contributed by atoms with van der Waals surface area (Å²) < 4.78 is 0. The van der Waals surface area contributed by atoms with E-state index in [0.29, 0.717) is 5.92 Å². The Kier molecular flexibility index (Phi) is 9.15. The summed E-state index contributed by atoms with van der Waals surface area (Å²) in [5.41, 5.74) is 11.3. The van der Waals surface area contributed by atoms with Gasteiger partial charge >= 0.3 is 0 Å². The van der Waals surface area contributed by atoms with Crippen LogP contribution in [0.2, 0.25) is 0 Å². The lowest BCUT2D eigenvalue weighted by atomic mass is 9.85. The number of nitriles is 1. The van der Waals surface area contributed by atoms with Crippen LogP contribution in [0, 0.1) is 24.2 Å². The molecule has 3 aromatic rings.